The molecule has 23 heavy (non-hydrogen) atoms. The number of nitrogens with one attached hydrogen (secondary N) is 1. The molecule has 0 bridgehead atoms. The molecule has 0 aliphatic carbocycles. The van der Waals surface area contributed by atoms with Crippen LogP contribution in [0.2, 0.25) is 0 Å². The summed E-state index contributed by atoms with van der Waals surface area (Å²) >= 11 is 0. The van der Waals surface area contributed by atoms with Gasteiger partial charge in [-0.1, -0.05) is 6.07 Å². The summed E-state index contributed by atoms with van der Waals surface area (Å²) in [6.07, 6.45) is 0. The predicted octanol–water partition coefficient (Wildman–Crippen LogP) is 1.72. The predicted molar refractivity (Wildman–Crippen MR) is 86.8 cm³/mol. The maximum absolute atomic E-state index is 12.2. The second kappa shape index (κ2) is 5.98. The molecule has 0 unspecified atom stereocenters. The number of hydrogen-bond acceptors (Lipinski definition) is 6. The molecule has 3 rings (SSSR count). The van der Waals surface area contributed by atoms with E-state index in [0.717, 1.165) is 0 Å². The van der Waals surface area contributed by atoms with Gasteiger partial charge in [0, 0.05) is 24.4 Å². The molecule has 2 aromatic carbocycles. The third kappa shape index (κ3) is 3.17. The van der Waals surface area contributed by atoms with Gasteiger partial charge in [-0.2, -0.15) is 4.72 Å². The molecule has 0 saturated carbocycles. The highest BCUT2D eigenvalue weighted by atomic mass is 32.2. The summed E-state index contributed by atoms with van der Waals surface area (Å²) in [7, 11) is -3.54. The van der Waals surface area contributed by atoms with Crippen LogP contribution in [0, 0.1) is 0 Å². The van der Waals surface area contributed by atoms with Crippen LogP contribution in [-0.2, 0) is 10.0 Å². The first kappa shape index (κ1) is 15.4. The van der Waals surface area contributed by atoms with Crippen molar-refractivity contribution in [2.24, 2.45) is 0 Å². The summed E-state index contributed by atoms with van der Waals surface area (Å²) in [5.41, 5.74) is 6.84. The van der Waals surface area contributed by atoms with Crippen molar-refractivity contribution in [2.45, 2.75) is 11.8 Å². The fraction of sp³-hybridized carbons (Fsp3) is 0.200. The summed E-state index contributed by atoms with van der Waals surface area (Å²) < 4.78 is 26.8. The van der Waals surface area contributed by atoms with Gasteiger partial charge in [-0.25, -0.2) is 8.42 Å². The molecule has 0 spiro atoms. The fourth-order valence-corrected chi connectivity index (χ4v) is 3.52. The van der Waals surface area contributed by atoms with E-state index in [1.165, 1.54) is 6.07 Å². The van der Waals surface area contributed by atoms with Crippen molar-refractivity contribution in [2.75, 3.05) is 23.8 Å². The molecule has 122 valence electrons. The maximum atomic E-state index is 12.2. The fourth-order valence-electron chi connectivity index (χ4n) is 2.29. The van der Waals surface area contributed by atoms with Crippen LogP contribution in [0.1, 0.15) is 6.92 Å². The number of sulfonamides is 1. The van der Waals surface area contributed by atoms with Crippen molar-refractivity contribution in [1.29, 1.82) is 0 Å². The minimum Gasteiger partial charge on any atom is -0.399 e. The molecule has 1 aliphatic heterocycles. The summed E-state index contributed by atoms with van der Waals surface area (Å²) in [5.74, 6) is 0.716. The highest BCUT2D eigenvalue weighted by Crippen LogP contribution is 2.32. The van der Waals surface area contributed by atoms with Gasteiger partial charge in [0.05, 0.1) is 12.4 Å². The number of nitrogens with two attached hydrogens (primary N) is 1. The molecular formula is C15H17N3O4S. The SMILES string of the molecule is CCN1CNS(=O)(=O)c2cc(OOc3cccc(N)c3)ccc21. The van der Waals surface area contributed by atoms with Crippen molar-refractivity contribution in [3.63, 3.8) is 0 Å². The van der Waals surface area contributed by atoms with E-state index in [2.05, 4.69) is 4.72 Å². The average Bonchev–Trinajstić information content (AvgIpc) is 2.53. The molecule has 0 radical (unpaired) electrons. The van der Waals surface area contributed by atoms with Gasteiger partial charge in [0.25, 0.3) is 0 Å². The van der Waals surface area contributed by atoms with Crippen LogP contribution < -0.4 is 25.1 Å². The van der Waals surface area contributed by atoms with E-state index in [1.54, 1.807) is 36.4 Å². The van der Waals surface area contributed by atoms with Crippen molar-refractivity contribution >= 4 is 21.4 Å². The first-order valence-electron chi connectivity index (χ1n) is 7.08. The number of nitrogens with zero attached hydrogens (tertiary/aromatic N) is 1. The lowest BCUT2D eigenvalue weighted by molar-refractivity contribution is -0.100. The smallest absolute Gasteiger partial charge is 0.244 e. The highest BCUT2D eigenvalue weighted by Gasteiger charge is 2.27. The molecule has 0 atom stereocenters. The first-order valence-corrected chi connectivity index (χ1v) is 8.56. The minimum absolute atomic E-state index is 0.166. The van der Waals surface area contributed by atoms with Crippen LogP contribution >= 0.6 is 0 Å². The van der Waals surface area contributed by atoms with Gasteiger partial charge in [0.2, 0.25) is 10.0 Å². The summed E-state index contributed by atoms with van der Waals surface area (Å²) in [5, 5.41) is 0. The highest BCUT2D eigenvalue weighted by molar-refractivity contribution is 7.89. The molecule has 0 fully saturated rings. The van der Waals surface area contributed by atoms with E-state index < -0.39 is 10.0 Å². The van der Waals surface area contributed by atoms with Gasteiger partial charge in [-0.05, 0) is 31.2 Å². The molecule has 1 heterocycles. The van der Waals surface area contributed by atoms with Crippen LogP contribution in [0.25, 0.3) is 0 Å². The zero-order chi connectivity index (χ0) is 16.4. The van der Waals surface area contributed by atoms with Crippen LogP contribution in [0.15, 0.2) is 47.4 Å². The summed E-state index contributed by atoms with van der Waals surface area (Å²) in [4.78, 5) is 12.5. The van der Waals surface area contributed by atoms with Gasteiger partial charge >= 0.3 is 0 Å². The second-order valence-electron chi connectivity index (χ2n) is 5.03. The third-order valence-corrected chi connectivity index (χ3v) is 4.90. The molecule has 7 nitrogen and oxygen atoms in total. The van der Waals surface area contributed by atoms with Gasteiger partial charge in [-0.3, -0.25) is 9.78 Å². The van der Waals surface area contributed by atoms with E-state index in [-0.39, 0.29) is 17.3 Å². The number of rotatable bonds is 4. The normalized spacial score (nSPS) is 15.8. The van der Waals surface area contributed by atoms with Crippen LogP contribution in [-0.4, -0.2) is 21.6 Å². The van der Waals surface area contributed by atoms with Crippen LogP contribution in [0.3, 0.4) is 0 Å². The topological polar surface area (TPSA) is 93.9 Å². The average molecular weight is 335 g/mol. The number of anilines is 2. The monoisotopic (exact) mass is 335 g/mol. The molecular weight excluding hydrogens is 318 g/mol. The Morgan fingerprint density at radius 3 is 2.61 bits per heavy atom. The minimum atomic E-state index is -3.54. The van der Waals surface area contributed by atoms with Gasteiger partial charge in [0.1, 0.15) is 4.90 Å². The first-order chi connectivity index (χ1) is 11.0. The van der Waals surface area contributed by atoms with Gasteiger partial charge in [-0.15, -0.1) is 0 Å². The lowest BCUT2D eigenvalue weighted by Gasteiger charge is -2.30. The Morgan fingerprint density at radius 2 is 1.91 bits per heavy atom. The maximum Gasteiger partial charge on any atom is 0.244 e. The third-order valence-electron chi connectivity index (χ3n) is 3.48. The van der Waals surface area contributed by atoms with E-state index in [1.807, 2.05) is 11.8 Å². The Bertz CT molecular complexity index is 823. The molecule has 0 saturated heterocycles. The van der Waals surface area contributed by atoms with Gasteiger partial charge < -0.3 is 10.6 Å². The lowest BCUT2D eigenvalue weighted by atomic mass is 10.2. The molecule has 0 amide bonds. The Hall–Kier alpha value is -2.45. The van der Waals surface area contributed by atoms with E-state index in [9.17, 15) is 8.42 Å². The molecule has 3 N–H and O–H groups in total. The largest absolute Gasteiger partial charge is 0.399 e. The quantitative estimate of drug-likeness (QED) is 0.502. The van der Waals surface area contributed by atoms with E-state index in [0.29, 0.717) is 23.7 Å². The Kier molecular flexibility index (Phi) is 4.01. The lowest BCUT2D eigenvalue weighted by Crippen LogP contribution is -2.42. The van der Waals surface area contributed by atoms with Crippen molar-refractivity contribution in [3.8, 4) is 11.5 Å². The van der Waals surface area contributed by atoms with Crippen molar-refractivity contribution in [1.82, 2.24) is 4.72 Å². The zero-order valence-electron chi connectivity index (χ0n) is 12.5. The molecule has 0 aromatic heterocycles. The number of nitrogen functional groups attached to an aromatic ring is 1. The Morgan fingerprint density at radius 1 is 1.17 bits per heavy atom. The molecule has 2 aromatic rings. The number of fused-ring (bicyclic) bond motifs is 1. The standard InChI is InChI=1S/C15H17N3O4S/c1-2-18-10-17-23(19,20)15-9-13(6-7-14(15)18)22-21-12-5-3-4-11(16)8-12/h3-9,17H,2,10,16H2,1H3. The second-order valence-corrected chi connectivity index (χ2v) is 6.77. The Balaban J connectivity index is 1.85. The van der Waals surface area contributed by atoms with E-state index >= 15 is 0 Å². The number of benzene rings is 2. The van der Waals surface area contributed by atoms with Gasteiger partial charge in [0.15, 0.2) is 11.5 Å². The zero-order valence-corrected chi connectivity index (χ0v) is 13.3. The van der Waals surface area contributed by atoms with Crippen molar-refractivity contribution in [3.05, 3.63) is 42.5 Å². The van der Waals surface area contributed by atoms with Crippen LogP contribution in [0.5, 0.6) is 11.5 Å². The molecule has 1 aliphatic rings. The van der Waals surface area contributed by atoms with E-state index in [4.69, 9.17) is 15.5 Å². The van der Waals surface area contributed by atoms with Crippen LogP contribution in [0.4, 0.5) is 11.4 Å². The Labute approximate surface area is 134 Å². The summed E-state index contributed by atoms with van der Waals surface area (Å²) in [6.45, 7) is 2.90. The summed E-state index contributed by atoms with van der Waals surface area (Å²) in [6, 6.07) is 11.6. The molecule has 8 heteroatoms. The number of hydrogen-bond donors (Lipinski definition) is 2. The van der Waals surface area contributed by atoms with Crippen molar-refractivity contribution < 1.29 is 18.2 Å².